The number of rotatable bonds is 9. The number of likely N-dealkylation sites (tertiary alicyclic amines) is 1. The van der Waals surface area contributed by atoms with Crippen molar-refractivity contribution in [2.45, 2.75) is 30.8 Å². The predicted octanol–water partition coefficient (Wildman–Crippen LogP) is 4.69. The van der Waals surface area contributed by atoms with Gasteiger partial charge in [0.1, 0.15) is 6.61 Å². The maximum absolute atomic E-state index is 13.9. The van der Waals surface area contributed by atoms with Crippen LogP contribution in [-0.2, 0) is 11.2 Å². The van der Waals surface area contributed by atoms with E-state index in [2.05, 4.69) is 11.1 Å². The molecule has 0 aliphatic carbocycles. The van der Waals surface area contributed by atoms with Gasteiger partial charge in [-0.25, -0.2) is 4.79 Å². The van der Waals surface area contributed by atoms with Gasteiger partial charge in [0.25, 0.3) is 5.91 Å². The fourth-order valence-corrected chi connectivity index (χ4v) is 5.40. The molecule has 1 saturated heterocycles. The van der Waals surface area contributed by atoms with Gasteiger partial charge in [0.2, 0.25) is 0 Å². The Morgan fingerprint density at radius 3 is 2.55 bits per heavy atom. The summed E-state index contributed by atoms with van der Waals surface area (Å²) in [5.74, 6) is -0.902. The van der Waals surface area contributed by atoms with E-state index < -0.39 is 11.5 Å². The van der Waals surface area contributed by atoms with Crippen LogP contribution in [0.15, 0.2) is 97.3 Å². The molecule has 0 radical (unpaired) electrons. The fraction of sp³-hybridized carbons (Fsp3) is 0.235. The number of aromatic nitrogens is 1. The number of esters is 1. The van der Waals surface area contributed by atoms with Gasteiger partial charge in [-0.05, 0) is 71.8 Å². The minimum Gasteiger partial charge on any atom is -0.460 e. The van der Waals surface area contributed by atoms with E-state index in [4.69, 9.17) is 10.5 Å². The van der Waals surface area contributed by atoms with Crippen molar-refractivity contribution in [1.29, 1.82) is 5.26 Å². The van der Waals surface area contributed by atoms with Crippen molar-refractivity contribution in [3.05, 3.63) is 125 Å². The van der Waals surface area contributed by atoms with E-state index in [9.17, 15) is 20.0 Å². The number of hydrogen-bond donors (Lipinski definition) is 2. The van der Waals surface area contributed by atoms with Crippen LogP contribution in [0.4, 0.5) is 0 Å². The number of nitrogens with two attached hydrogens (primary N) is 1. The molecule has 42 heavy (non-hydrogen) atoms. The summed E-state index contributed by atoms with van der Waals surface area (Å²) in [7, 11) is 0. The number of pyridine rings is 1. The van der Waals surface area contributed by atoms with Gasteiger partial charge in [0.15, 0.2) is 0 Å². The summed E-state index contributed by atoms with van der Waals surface area (Å²) in [6.07, 6.45) is 5.43. The molecule has 5 rings (SSSR count). The number of hydrogen-bond acceptors (Lipinski definition) is 7. The number of ether oxygens (including phenoxy) is 1. The summed E-state index contributed by atoms with van der Waals surface area (Å²) in [5.41, 5.74) is 9.12. The molecule has 0 bridgehead atoms. The molecule has 0 spiro atoms. The Balaban J connectivity index is 1.46. The lowest BCUT2D eigenvalue weighted by Gasteiger charge is -2.27. The second-order valence-corrected chi connectivity index (χ2v) is 10.7. The van der Waals surface area contributed by atoms with Gasteiger partial charge in [0.05, 0.1) is 35.4 Å². The van der Waals surface area contributed by atoms with Gasteiger partial charge in [-0.2, -0.15) is 5.26 Å². The Morgan fingerprint density at radius 2 is 1.81 bits per heavy atom. The highest BCUT2D eigenvalue weighted by atomic mass is 16.5. The van der Waals surface area contributed by atoms with Gasteiger partial charge in [0, 0.05) is 24.5 Å². The molecule has 2 atom stereocenters. The Kier molecular flexibility index (Phi) is 8.72. The molecule has 0 saturated carbocycles. The number of carbonyl (C=O) groups is 2. The topological polar surface area (TPSA) is 130 Å². The molecule has 3 aromatic carbocycles. The van der Waals surface area contributed by atoms with Gasteiger partial charge < -0.3 is 20.5 Å². The lowest BCUT2D eigenvalue weighted by atomic mass is 9.93. The molecule has 1 amide bonds. The number of carbonyl (C=O) groups excluding carboxylic acids is 2. The molecule has 3 N–H and O–H groups in total. The van der Waals surface area contributed by atoms with Crippen molar-refractivity contribution in [2.75, 3.05) is 19.8 Å². The standard InChI is InChI=1S/C34H32N4O4/c35-20-25-10-4-5-12-30(25)27-16-28(32(40)38-15-7-13-31(38)26-11-6-14-37-21-26)18-29(17-27)33(41)42-23-34(36,22-39)19-24-8-2-1-3-9-24/h1-6,8-12,14,16-18,21,31,39H,7,13,15,19,22-23,36H2. The Morgan fingerprint density at radius 1 is 1.05 bits per heavy atom. The summed E-state index contributed by atoms with van der Waals surface area (Å²) >= 11 is 0. The van der Waals surface area contributed by atoms with Crippen molar-refractivity contribution in [3.63, 3.8) is 0 Å². The molecule has 4 aromatic rings. The third-order valence-corrected chi connectivity index (χ3v) is 7.56. The van der Waals surface area contributed by atoms with Crippen LogP contribution >= 0.6 is 0 Å². The quantitative estimate of drug-likeness (QED) is 0.284. The van der Waals surface area contributed by atoms with Crippen molar-refractivity contribution in [3.8, 4) is 17.2 Å². The Hall–Kier alpha value is -4.84. The van der Waals surface area contributed by atoms with E-state index in [0.717, 1.165) is 24.0 Å². The second-order valence-electron chi connectivity index (χ2n) is 10.7. The summed E-state index contributed by atoms with van der Waals surface area (Å²) < 4.78 is 5.63. The van der Waals surface area contributed by atoms with E-state index in [1.165, 1.54) is 6.07 Å². The molecule has 2 heterocycles. The molecule has 1 aliphatic rings. The first-order valence-corrected chi connectivity index (χ1v) is 13.9. The Bertz CT molecular complexity index is 1600. The zero-order valence-corrected chi connectivity index (χ0v) is 23.1. The van der Waals surface area contributed by atoms with Gasteiger partial charge in [-0.15, -0.1) is 0 Å². The molecule has 1 aromatic heterocycles. The smallest absolute Gasteiger partial charge is 0.338 e. The minimum absolute atomic E-state index is 0.128. The summed E-state index contributed by atoms with van der Waals surface area (Å²) in [6.45, 7) is -0.0449. The van der Waals surface area contributed by atoms with Crippen molar-refractivity contribution < 1.29 is 19.4 Å². The highest BCUT2D eigenvalue weighted by Crippen LogP contribution is 2.34. The van der Waals surface area contributed by atoms with Crippen LogP contribution in [0.3, 0.4) is 0 Å². The van der Waals surface area contributed by atoms with E-state index in [1.54, 1.807) is 53.7 Å². The highest BCUT2D eigenvalue weighted by molar-refractivity contribution is 6.00. The van der Waals surface area contributed by atoms with Gasteiger partial charge in [-0.1, -0.05) is 54.6 Å². The summed E-state index contributed by atoms with van der Waals surface area (Å²) in [6, 6.07) is 27.2. The number of aliphatic hydroxyl groups excluding tert-OH is 1. The zero-order chi connectivity index (χ0) is 29.5. The summed E-state index contributed by atoms with van der Waals surface area (Å²) in [4.78, 5) is 33.4. The van der Waals surface area contributed by atoms with E-state index >= 15 is 0 Å². The normalized spacial score (nSPS) is 15.9. The van der Waals surface area contributed by atoms with E-state index in [1.807, 2.05) is 42.5 Å². The molecular formula is C34H32N4O4. The van der Waals surface area contributed by atoms with Crippen LogP contribution in [0.5, 0.6) is 0 Å². The van der Waals surface area contributed by atoms with Crippen LogP contribution in [0.2, 0.25) is 0 Å². The van der Waals surface area contributed by atoms with Crippen molar-refractivity contribution in [1.82, 2.24) is 9.88 Å². The van der Waals surface area contributed by atoms with Crippen LogP contribution in [-0.4, -0.2) is 52.2 Å². The maximum Gasteiger partial charge on any atom is 0.338 e. The van der Waals surface area contributed by atoms with Crippen molar-refractivity contribution in [2.24, 2.45) is 5.73 Å². The van der Waals surface area contributed by atoms with E-state index in [0.29, 0.717) is 35.2 Å². The van der Waals surface area contributed by atoms with Crippen LogP contribution in [0, 0.1) is 11.3 Å². The van der Waals surface area contributed by atoms with Gasteiger partial charge in [-0.3, -0.25) is 9.78 Å². The average Bonchev–Trinajstić information content (AvgIpc) is 3.54. The minimum atomic E-state index is -1.19. The highest BCUT2D eigenvalue weighted by Gasteiger charge is 2.32. The number of benzene rings is 3. The first-order chi connectivity index (χ1) is 20.4. The number of amides is 1. The van der Waals surface area contributed by atoms with Crippen molar-refractivity contribution >= 4 is 11.9 Å². The lowest BCUT2D eigenvalue weighted by molar-refractivity contribution is 0.0331. The van der Waals surface area contributed by atoms with E-state index in [-0.39, 0.29) is 30.7 Å². The number of nitriles is 1. The third kappa shape index (κ3) is 6.39. The molecule has 8 heteroatoms. The Labute approximate surface area is 245 Å². The molecule has 212 valence electrons. The molecule has 1 aliphatic heterocycles. The van der Waals surface area contributed by atoms with Gasteiger partial charge >= 0.3 is 5.97 Å². The maximum atomic E-state index is 13.9. The predicted molar refractivity (Wildman–Crippen MR) is 158 cm³/mol. The number of aliphatic hydroxyl groups is 1. The fourth-order valence-electron chi connectivity index (χ4n) is 5.40. The summed E-state index contributed by atoms with van der Waals surface area (Å²) in [5, 5.41) is 19.8. The zero-order valence-electron chi connectivity index (χ0n) is 23.1. The third-order valence-electron chi connectivity index (χ3n) is 7.56. The molecular weight excluding hydrogens is 528 g/mol. The molecule has 8 nitrogen and oxygen atoms in total. The second kappa shape index (κ2) is 12.8. The first kappa shape index (κ1) is 28.7. The van der Waals surface area contributed by atoms with Crippen LogP contribution < -0.4 is 5.73 Å². The van der Waals surface area contributed by atoms with Crippen LogP contribution in [0.25, 0.3) is 11.1 Å². The average molecular weight is 561 g/mol. The largest absolute Gasteiger partial charge is 0.460 e. The lowest BCUT2D eigenvalue weighted by Crippen LogP contribution is -2.50. The number of nitrogens with zero attached hydrogens (tertiary/aromatic N) is 3. The molecule has 1 fully saturated rings. The monoisotopic (exact) mass is 560 g/mol. The van der Waals surface area contributed by atoms with Crippen LogP contribution in [0.1, 0.15) is 56.3 Å². The first-order valence-electron chi connectivity index (χ1n) is 13.9. The SMILES string of the molecule is N#Cc1ccccc1-c1cc(C(=O)OCC(N)(CO)Cc2ccccc2)cc(C(=O)N2CCCC2c2cccnc2)c1. The molecule has 2 unspecified atom stereocenters.